The summed E-state index contributed by atoms with van der Waals surface area (Å²) in [6.07, 6.45) is 0. The SMILES string of the molecule is C[C@@H](Sc1ccc2ccccc2n1)C(=O)Nc1cccc(C#N)c1. The number of hydrogen-bond acceptors (Lipinski definition) is 4. The van der Waals surface area contributed by atoms with Crippen molar-refractivity contribution in [1.29, 1.82) is 5.26 Å². The Bertz CT molecular complexity index is 933. The van der Waals surface area contributed by atoms with Crippen molar-refractivity contribution in [3.8, 4) is 6.07 Å². The molecule has 24 heavy (non-hydrogen) atoms. The molecule has 3 aromatic rings. The van der Waals surface area contributed by atoms with E-state index in [4.69, 9.17) is 5.26 Å². The molecule has 118 valence electrons. The molecule has 0 aliphatic carbocycles. The molecule has 2 aromatic carbocycles. The highest BCUT2D eigenvalue weighted by molar-refractivity contribution is 8.00. The molecule has 4 nitrogen and oxygen atoms in total. The van der Waals surface area contributed by atoms with Crippen molar-refractivity contribution in [2.24, 2.45) is 0 Å². The second-order valence-electron chi connectivity index (χ2n) is 5.28. The van der Waals surface area contributed by atoms with Crippen molar-refractivity contribution in [1.82, 2.24) is 4.98 Å². The Kier molecular flexibility index (Phi) is 4.78. The highest BCUT2D eigenvalue weighted by Crippen LogP contribution is 2.25. The smallest absolute Gasteiger partial charge is 0.237 e. The zero-order chi connectivity index (χ0) is 16.9. The Labute approximate surface area is 144 Å². The van der Waals surface area contributed by atoms with E-state index in [2.05, 4.69) is 16.4 Å². The normalized spacial score (nSPS) is 11.7. The van der Waals surface area contributed by atoms with Gasteiger partial charge < -0.3 is 5.32 Å². The molecule has 0 unspecified atom stereocenters. The van der Waals surface area contributed by atoms with E-state index in [9.17, 15) is 4.79 Å². The van der Waals surface area contributed by atoms with Crippen LogP contribution in [0.5, 0.6) is 0 Å². The second-order valence-corrected chi connectivity index (χ2v) is 6.65. The minimum absolute atomic E-state index is 0.120. The van der Waals surface area contributed by atoms with Crippen LogP contribution in [0.25, 0.3) is 10.9 Å². The number of fused-ring (bicyclic) bond motifs is 1. The summed E-state index contributed by atoms with van der Waals surface area (Å²) in [5.74, 6) is -0.120. The van der Waals surface area contributed by atoms with Crippen LogP contribution in [0.3, 0.4) is 0 Å². The third-order valence-corrected chi connectivity index (χ3v) is 4.54. The first-order valence-electron chi connectivity index (χ1n) is 7.49. The summed E-state index contributed by atoms with van der Waals surface area (Å²) in [7, 11) is 0. The first kappa shape index (κ1) is 16.0. The molecule has 0 saturated carbocycles. The first-order chi connectivity index (χ1) is 11.7. The van der Waals surface area contributed by atoms with Crippen LogP contribution in [0.2, 0.25) is 0 Å². The number of nitriles is 1. The van der Waals surface area contributed by atoms with Gasteiger partial charge in [0.1, 0.15) is 0 Å². The van der Waals surface area contributed by atoms with Crippen molar-refractivity contribution >= 4 is 34.3 Å². The molecule has 1 aromatic heterocycles. The molecule has 3 rings (SSSR count). The summed E-state index contributed by atoms with van der Waals surface area (Å²) in [5.41, 5.74) is 2.05. The average molecular weight is 333 g/mol. The lowest BCUT2D eigenvalue weighted by Gasteiger charge is -2.12. The summed E-state index contributed by atoms with van der Waals surface area (Å²) in [6, 6.07) is 20.7. The fraction of sp³-hybridized carbons (Fsp3) is 0.105. The molecule has 0 saturated heterocycles. The molecule has 5 heteroatoms. The number of hydrogen-bond donors (Lipinski definition) is 1. The number of aromatic nitrogens is 1. The number of benzene rings is 2. The molecule has 1 amide bonds. The van der Waals surface area contributed by atoms with Gasteiger partial charge in [-0.1, -0.05) is 42.1 Å². The van der Waals surface area contributed by atoms with Crippen LogP contribution >= 0.6 is 11.8 Å². The zero-order valence-electron chi connectivity index (χ0n) is 13.1. The number of anilines is 1. The van der Waals surface area contributed by atoms with Crippen LogP contribution in [0.1, 0.15) is 12.5 Å². The standard InChI is InChI=1S/C19H15N3OS/c1-13(19(23)21-16-7-4-5-14(11-16)12-20)24-18-10-9-15-6-2-3-8-17(15)22-18/h2-11,13H,1H3,(H,21,23)/t13-/m1/s1. The van der Waals surface area contributed by atoms with E-state index >= 15 is 0 Å². The van der Waals surface area contributed by atoms with Gasteiger partial charge in [-0.3, -0.25) is 4.79 Å². The molecule has 1 N–H and O–H groups in total. The van der Waals surface area contributed by atoms with Crippen molar-refractivity contribution < 1.29 is 4.79 Å². The fourth-order valence-corrected chi connectivity index (χ4v) is 3.08. The summed E-state index contributed by atoms with van der Waals surface area (Å²) in [4.78, 5) is 16.9. The Morgan fingerprint density at radius 1 is 1.17 bits per heavy atom. The lowest BCUT2D eigenvalue weighted by molar-refractivity contribution is -0.115. The third kappa shape index (κ3) is 3.73. The Balaban J connectivity index is 1.69. The van der Waals surface area contributed by atoms with Gasteiger partial charge in [0.2, 0.25) is 5.91 Å². The van der Waals surface area contributed by atoms with E-state index in [1.54, 1.807) is 24.3 Å². The maximum Gasteiger partial charge on any atom is 0.237 e. The van der Waals surface area contributed by atoms with Crippen molar-refractivity contribution in [2.45, 2.75) is 17.2 Å². The van der Waals surface area contributed by atoms with Crippen LogP contribution in [-0.2, 0) is 4.79 Å². The molecular formula is C19H15N3OS. The third-order valence-electron chi connectivity index (χ3n) is 3.50. The van der Waals surface area contributed by atoms with Gasteiger partial charge in [0, 0.05) is 11.1 Å². The maximum atomic E-state index is 12.3. The Morgan fingerprint density at radius 3 is 2.83 bits per heavy atom. The molecule has 0 aliphatic heterocycles. The number of thioether (sulfide) groups is 1. The van der Waals surface area contributed by atoms with Crippen LogP contribution in [0.15, 0.2) is 65.7 Å². The first-order valence-corrected chi connectivity index (χ1v) is 8.37. The van der Waals surface area contributed by atoms with E-state index in [0.29, 0.717) is 11.3 Å². The van der Waals surface area contributed by atoms with E-state index in [-0.39, 0.29) is 11.2 Å². The largest absolute Gasteiger partial charge is 0.325 e. The van der Waals surface area contributed by atoms with Crippen LogP contribution in [0, 0.1) is 11.3 Å². The number of amides is 1. The van der Waals surface area contributed by atoms with Gasteiger partial charge in [-0.05, 0) is 37.3 Å². The summed E-state index contributed by atoms with van der Waals surface area (Å²) >= 11 is 1.41. The molecule has 0 aliphatic rings. The molecule has 1 atom stereocenters. The van der Waals surface area contributed by atoms with Gasteiger partial charge in [-0.2, -0.15) is 5.26 Å². The Hall–Kier alpha value is -2.84. The quantitative estimate of drug-likeness (QED) is 0.726. The summed E-state index contributed by atoms with van der Waals surface area (Å²) < 4.78 is 0. The van der Waals surface area contributed by atoms with Crippen LogP contribution in [0.4, 0.5) is 5.69 Å². The number of nitrogens with one attached hydrogen (secondary N) is 1. The molecular weight excluding hydrogens is 318 g/mol. The van der Waals surface area contributed by atoms with Crippen LogP contribution < -0.4 is 5.32 Å². The number of rotatable bonds is 4. The van der Waals surface area contributed by atoms with Gasteiger partial charge in [0.05, 0.1) is 27.4 Å². The van der Waals surface area contributed by atoms with Crippen molar-refractivity contribution in [3.63, 3.8) is 0 Å². The molecule has 0 fully saturated rings. The predicted octanol–water partition coefficient (Wildman–Crippen LogP) is 4.23. The lowest BCUT2D eigenvalue weighted by atomic mass is 10.2. The van der Waals surface area contributed by atoms with Gasteiger partial charge in [-0.15, -0.1) is 0 Å². The average Bonchev–Trinajstić information content (AvgIpc) is 2.61. The van der Waals surface area contributed by atoms with Gasteiger partial charge >= 0.3 is 0 Å². The highest BCUT2D eigenvalue weighted by atomic mass is 32.2. The number of carbonyl (C=O) groups excluding carboxylic acids is 1. The van der Waals surface area contributed by atoms with E-state index in [0.717, 1.165) is 15.9 Å². The number of pyridine rings is 1. The maximum absolute atomic E-state index is 12.3. The van der Waals surface area contributed by atoms with E-state index in [1.165, 1.54) is 11.8 Å². The predicted molar refractivity (Wildman–Crippen MR) is 96.8 cm³/mol. The number of para-hydroxylation sites is 1. The number of carbonyl (C=O) groups is 1. The highest BCUT2D eigenvalue weighted by Gasteiger charge is 2.15. The molecule has 0 spiro atoms. The molecule has 0 bridgehead atoms. The Morgan fingerprint density at radius 2 is 2.00 bits per heavy atom. The topological polar surface area (TPSA) is 65.8 Å². The fourth-order valence-electron chi connectivity index (χ4n) is 2.26. The van der Waals surface area contributed by atoms with Gasteiger partial charge in [0.15, 0.2) is 0 Å². The minimum atomic E-state index is -0.301. The van der Waals surface area contributed by atoms with E-state index in [1.807, 2.05) is 43.3 Å². The summed E-state index contributed by atoms with van der Waals surface area (Å²) in [6.45, 7) is 1.84. The van der Waals surface area contributed by atoms with E-state index < -0.39 is 0 Å². The zero-order valence-corrected chi connectivity index (χ0v) is 13.9. The summed E-state index contributed by atoms with van der Waals surface area (Å²) in [5, 5.41) is 13.3. The van der Waals surface area contributed by atoms with Crippen molar-refractivity contribution in [2.75, 3.05) is 5.32 Å². The van der Waals surface area contributed by atoms with Crippen molar-refractivity contribution in [3.05, 3.63) is 66.2 Å². The van der Waals surface area contributed by atoms with Crippen LogP contribution in [-0.4, -0.2) is 16.1 Å². The second kappa shape index (κ2) is 7.16. The van der Waals surface area contributed by atoms with Gasteiger partial charge in [-0.25, -0.2) is 4.98 Å². The monoisotopic (exact) mass is 333 g/mol. The molecule has 0 radical (unpaired) electrons. The number of nitrogens with zero attached hydrogens (tertiary/aromatic N) is 2. The minimum Gasteiger partial charge on any atom is -0.325 e. The van der Waals surface area contributed by atoms with Gasteiger partial charge in [0.25, 0.3) is 0 Å². The lowest BCUT2D eigenvalue weighted by Crippen LogP contribution is -2.22. The molecule has 1 heterocycles.